The van der Waals surface area contributed by atoms with Gasteiger partial charge in [-0.3, -0.25) is 4.90 Å². The largest absolute Gasteiger partial charge is 0.493 e. The summed E-state index contributed by atoms with van der Waals surface area (Å²) in [6.45, 7) is 5.85. The smallest absolute Gasteiger partial charge is 0.231 e. The first kappa shape index (κ1) is 18.8. The molecule has 0 amide bonds. The normalized spacial score (nSPS) is 21.9. The lowest BCUT2D eigenvalue weighted by Crippen LogP contribution is -2.42. The molecular weight excluding hydrogens is 357 g/mol. The molecule has 2 aliphatic heterocycles. The van der Waals surface area contributed by atoms with Gasteiger partial charge < -0.3 is 14.2 Å². The van der Waals surface area contributed by atoms with E-state index >= 15 is 0 Å². The summed E-state index contributed by atoms with van der Waals surface area (Å²) < 4.78 is 30.3. The molecule has 0 bridgehead atoms. The Morgan fingerprint density at radius 1 is 1.14 bits per heavy atom. The van der Waals surface area contributed by atoms with Gasteiger partial charge in [-0.05, 0) is 55.6 Å². The summed E-state index contributed by atoms with van der Waals surface area (Å²) in [5.41, 5.74) is 1.19. The minimum Gasteiger partial charge on any atom is -0.493 e. The van der Waals surface area contributed by atoms with Crippen LogP contribution in [-0.4, -0.2) is 37.9 Å². The standard InChI is InChI=1S/C23H26FNO3/c1-2-3-11-25-12-10-21(17-4-6-19(24)7-5-17)18(14-25)15-26-20-8-9-22-23(13-20)28-16-27-22/h2-9,13,18,21H,10-12,14-16H2,1H3/t18-,21-/m1/s1. The van der Waals surface area contributed by atoms with Gasteiger partial charge in [0.25, 0.3) is 0 Å². The van der Waals surface area contributed by atoms with Gasteiger partial charge in [0, 0.05) is 25.1 Å². The lowest BCUT2D eigenvalue weighted by Gasteiger charge is -2.38. The van der Waals surface area contributed by atoms with Crippen LogP contribution < -0.4 is 14.2 Å². The Morgan fingerprint density at radius 2 is 1.96 bits per heavy atom. The van der Waals surface area contributed by atoms with Gasteiger partial charge >= 0.3 is 0 Å². The van der Waals surface area contributed by atoms with E-state index in [1.165, 1.54) is 5.56 Å². The quantitative estimate of drug-likeness (QED) is 0.682. The van der Waals surface area contributed by atoms with Crippen molar-refractivity contribution in [2.24, 2.45) is 5.92 Å². The number of fused-ring (bicyclic) bond motifs is 1. The molecule has 4 rings (SSSR count). The Morgan fingerprint density at radius 3 is 2.79 bits per heavy atom. The molecule has 0 unspecified atom stereocenters. The molecule has 4 nitrogen and oxygen atoms in total. The molecule has 148 valence electrons. The van der Waals surface area contributed by atoms with E-state index in [0.717, 1.165) is 43.3 Å². The monoisotopic (exact) mass is 383 g/mol. The second kappa shape index (κ2) is 8.65. The molecule has 2 heterocycles. The summed E-state index contributed by atoms with van der Waals surface area (Å²) in [6.07, 6.45) is 5.32. The Kier molecular flexibility index (Phi) is 5.81. The average molecular weight is 383 g/mol. The molecular formula is C23H26FNO3. The van der Waals surface area contributed by atoms with Gasteiger partial charge in [-0.1, -0.05) is 24.3 Å². The van der Waals surface area contributed by atoms with E-state index in [4.69, 9.17) is 14.2 Å². The molecule has 28 heavy (non-hydrogen) atoms. The van der Waals surface area contributed by atoms with Crippen molar-refractivity contribution < 1.29 is 18.6 Å². The van der Waals surface area contributed by atoms with Crippen LogP contribution in [0.4, 0.5) is 4.39 Å². The fourth-order valence-electron chi connectivity index (χ4n) is 4.02. The molecule has 2 aromatic carbocycles. The number of nitrogens with zero attached hydrogens (tertiary/aromatic N) is 1. The highest BCUT2D eigenvalue weighted by Gasteiger charge is 2.30. The molecule has 0 saturated carbocycles. The van der Waals surface area contributed by atoms with Crippen LogP contribution >= 0.6 is 0 Å². The second-order valence-electron chi connectivity index (χ2n) is 7.36. The summed E-state index contributed by atoms with van der Waals surface area (Å²) >= 11 is 0. The molecule has 1 fully saturated rings. The van der Waals surface area contributed by atoms with Crippen molar-refractivity contribution in [1.29, 1.82) is 0 Å². The van der Waals surface area contributed by atoms with E-state index in [9.17, 15) is 4.39 Å². The Bertz CT molecular complexity index is 821. The lowest BCUT2D eigenvalue weighted by molar-refractivity contribution is 0.119. The summed E-state index contributed by atoms with van der Waals surface area (Å²) in [4.78, 5) is 2.45. The van der Waals surface area contributed by atoms with Crippen LogP contribution in [0.3, 0.4) is 0 Å². The number of rotatable bonds is 6. The number of allylic oxidation sites excluding steroid dienone is 1. The third kappa shape index (κ3) is 4.30. The predicted molar refractivity (Wildman–Crippen MR) is 107 cm³/mol. The van der Waals surface area contributed by atoms with Gasteiger partial charge in [-0.15, -0.1) is 0 Å². The highest BCUT2D eigenvalue weighted by atomic mass is 19.1. The van der Waals surface area contributed by atoms with Crippen LogP contribution in [0.5, 0.6) is 17.2 Å². The van der Waals surface area contributed by atoms with E-state index in [1.54, 1.807) is 12.1 Å². The maximum absolute atomic E-state index is 13.4. The van der Waals surface area contributed by atoms with Crippen LogP contribution in [0.1, 0.15) is 24.8 Å². The Labute approximate surface area is 165 Å². The zero-order chi connectivity index (χ0) is 19.3. The van der Waals surface area contributed by atoms with Gasteiger partial charge in [-0.25, -0.2) is 4.39 Å². The topological polar surface area (TPSA) is 30.9 Å². The maximum Gasteiger partial charge on any atom is 0.231 e. The number of likely N-dealkylation sites (tertiary alicyclic amines) is 1. The van der Waals surface area contributed by atoms with Crippen molar-refractivity contribution >= 4 is 0 Å². The summed E-state index contributed by atoms with van der Waals surface area (Å²) in [6, 6.07) is 12.6. The predicted octanol–water partition coefficient (Wildman–Crippen LogP) is 4.62. The Balaban J connectivity index is 1.47. The first-order valence-electron chi connectivity index (χ1n) is 9.84. The maximum atomic E-state index is 13.4. The van der Waals surface area contributed by atoms with E-state index < -0.39 is 0 Å². The molecule has 1 saturated heterocycles. The molecule has 0 N–H and O–H groups in total. The van der Waals surface area contributed by atoms with Gasteiger partial charge in [0.1, 0.15) is 11.6 Å². The summed E-state index contributed by atoms with van der Waals surface area (Å²) in [7, 11) is 0. The zero-order valence-electron chi connectivity index (χ0n) is 16.1. The van der Waals surface area contributed by atoms with Gasteiger partial charge in [-0.2, -0.15) is 0 Å². The fourth-order valence-corrected chi connectivity index (χ4v) is 4.02. The molecule has 5 heteroatoms. The van der Waals surface area contributed by atoms with Gasteiger partial charge in [0.2, 0.25) is 6.79 Å². The number of piperidine rings is 1. The fraction of sp³-hybridized carbons (Fsp3) is 0.391. The van der Waals surface area contributed by atoms with Crippen LogP contribution in [0.15, 0.2) is 54.6 Å². The third-order valence-corrected chi connectivity index (χ3v) is 5.52. The molecule has 0 radical (unpaired) electrons. The van der Waals surface area contributed by atoms with Crippen LogP contribution in [0, 0.1) is 11.7 Å². The molecule has 0 spiro atoms. The Hall–Kier alpha value is -2.53. The highest BCUT2D eigenvalue weighted by Crippen LogP contribution is 2.37. The van der Waals surface area contributed by atoms with Gasteiger partial charge in [0.05, 0.1) is 6.61 Å². The third-order valence-electron chi connectivity index (χ3n) is 5.52. The molecule has 0 aromatic heterocycles. The van der Waals surface area contributed by atoms with E-state index in [-0.39, 0.29) is 12.6 Å². The number of benzene rings is 2. The van der Waals surface area contributed by atoms with Crippen molar-refractivity contribution in [3.63, 3.8) is 0 Å². The summed E-state index contributed by atoms with van der Waals surface area (Å²) in [5.74, 6) is 2.76. The van der Waals surface area contributed by atoms with Crippen molar-refractivity contribution in [2.75, 3.05) is 33.0 Å². The second-order valence-corrected chi connectivity index (χ2v) is 7.36. The van der Waals surface area contributed by atoms with Crippen molar-refractivity contribution in [3.8, 4) is 17.2 Å². The van der Waals surface area contributed by atoms with E-state index in [2.05, 4.69) is 17.1 Å². The first-order chi connectivity index (χ1) is 13.7. The van der Waals surface area contributed by atoms with Crippen LogP contribution in [0.2, 0.25) is 0 Å². The molecule has 2 atom stereocenters. The number of hydrogen-bond acceptors (Lipinski definition) is 4. The molecule has 0 aliphatic carbocycles. The molecule has 2 aliphatic rings. The number of hydrogen-bond donors (Lipinski definition) is 0. The minimum absolute atomic E-state index is 0.192. The van der Waals surface area contributed by atoms with Crippen LogP contribution in [0.25, 0.3) is 0 Å². The SMILES string of the molecule is CC=CCN1CC[C@H](c2ccc(F)cc2)[C@@H](COc2ccc3c(c2)OCO3)C1. The first-order valence-corrected chi connectivity index (χ1v) is 9.84. The summed E-state index contributed by atoms with van der Waals surface area (Å²) in [5, 5.41) is 0. The van der Waals surface area contributed by atoms with Crippen LogP contribution in [-0.2, 0) is 0 Å². The van der Waals surface area contributed by atoms with E-state index in [1.807, 2.05) is 37.3 Å². The number of ether oxygens (including phenoxy) is 3. The van der Waals surface area contributed by atoms with Gasteiger partial charge in [0.15, 0.2) is 11.5 Å². The highest BCUT2D eigenvalue weighted by molar-refractivity contribution is 5.46. The lowest BCUT2D eigenvalue weighted by atomic mass is 9.81. The number of halogens is 1. The zero-order valence-corrected chi connectivity index (χ0v) is 16.1. The van der Waals surface area contributed by atoms with Crippen molar-refractivity contribution in [3.05, 3.63) is 66.0 Å². The molecule has 2 aromatic rings. The van der Waals surface area contributed by atoms with Crippen molar-refractivity contribution in [2.45, 2.75) is 19.3 Å². The minimum atomic E-state index is -0.192. The van der Waals surface area contributed by atoms with E-state index in [0.29, 0.717) is 18.4 Å². The van der Waals surface area contributed by atoms with Crippen molar-refractivity contribution in [1.82, 2.24) is 4.90 Å². The average Bonchev–Trinajstić information content (AvgIpc) is 3.19.